The van der Waals surface area contributed by atoms with Gasteiger partial charge in [0, 0.05) is 29.1 Å². The molecule has 0 radical (unpaired) electrons. The lowest BCUT2D eigenvalue weighted by atomic mass is 10.2. The molecule has 0 aliphatic heterocycles. The second kappa shape index (κ2) is 8.99. The predicted molar refractivity (Wildman–Crippen MR) is 109 cm³/mol. The van der Waals surface area contributed by atoms with E-state index in [9.17, 15) is 9.59 Å². The summed E-state index contributed by atoms with van der Waals surface area (Å²) in [5, 5.41) is 8.91. The van der Waals surface area contributed by atoms with Gasteiger partial charge in [0.15, 0.2) is 0 Å². The third-order valence-electron chi connectivity index (χ3n) is 3.64. The summed E-state index contributed by atoms with van der Waals surface area (Å²) in [6.07, 6.45) is 0. The predicted octanol–water partition coefficient (Wildman–Crippen LogP) is 4.28. The largest absolute Gasteiger partial charge is 0.350 e. The highest BCUT2D eigenvalue weighted by Crippen LogP contribution is 2.25. The van der Waals surface area contributed by atoms with Gasteiger partial charge in [-0.1, -0.05) is 47.5 Å². The standard InChI is InChI=1S/C19H15Cl2N3O2S/c20-13-7-5-12(6-8-13)19-24-16(11-27-19)18(26)23-10-9-22-17(25)14-3-1-2-4-15(14)21/h1-8,11H,9-10H2,(H,22,25)(H,23,26). The van der Waals surface area contributed by atoms with Crippen molar-refractivity contribution in [2.24, 2.45) is 0 Å². The van der Waals surface area contributed by atoms with E-state index in [0.717, 1.165) is 10.6 Å². The molecule has 5 nitrogen and oxygen atoms in total. The third-order valence-corrected chi connectivity index (χ3v) is 5.12. The number of carbonyl (C=O) groups is 2. The molecule has 0 aliphatic carbocycles. The summed E-state index contributed by atoms with van der Waals surface area (Å²) >= 11 is 13.2. The van der Waals surface area contributed by atoms with Gasteiger partial charge in [0.2, 0.25) is 0 Å². The summed E-state index contributed by atoms with van der Waals surface area (Å²) in [4.78, 5) is 28.6. The number of aromatic nitrogens is 1. The van der Waals surface area contributed by atoms with Crippen molar-refractivity contribution in [1.82, 2.24) is 15.6 Å². The molecule has 0 spiro atoms. The van der Waals surface area contributed by atoms with E-state index in [0.29, 0.717) is 21.3 Å². The Morgan fingerprint density at radius 1 is 0.926 bits per heavy atom. The van der Waals surface area contributed by atoms with Gasteiger partial charge in [-0.05, 0) is 24.3 Å². The van der Waals surface area contributed by atoms with Gasteiger partial charge in [0.1, 0.15) is 10.7 Å². The molecular formula is C19H15Cl2N3O2S. The van der Waals surface area contributed by atoms with Crippen molar-refractivity contribution in [3.63, 3.8) is 0 Å². The van der Waals surface area contributed by atoms with E-state index in [1.54, 1.807) is 41.8 Å². The Bertz CT molecular complexity index is 958. The topological polar surface area (TPSA) is 71.1 Å². The van der Waals surface area contributed by atoms with Gasteiger partial charge >= 0.3 is 0 Å². The molecule has 2 N–H and O–H groups in total. The van der Waals surface area contributed by atoms with Gasteiger partial charge in [-0.3, -0.25) is 9.59 Å². The molecule has 1 heterocycles. The number of carbonyl (C=O) groups excluding carboxylic acids is 2. The second-order valence-corrected chi connectivity index (χ2v) is 7.24. The number of hydrogen-bond acceptors (Lipinski definition) is 4. The molecule has 1 aromatic heterocycles. The van der Waals surface area contributed by atoms with Crippen molar-refractivity contribution in [2.75, 3.05) is 13.1 Å². The lowest BCUT2D eigenvalue weighted by Crippen LogP contribution is -2.34. The molecule has 0 aliphatic rings. The molecule has 0 bridgehead atoms. The van der Waals surface area contributed by atoms with E-state index in [1.807, 2.05) is 12.1 Å². The van der Waals surface area contributed by atoms with Crippen molar-refractivity contribution in [1.29, 1.82) is 0 Å². The first kappa shape index (κ1) is 19.4. The van der Waals surface area contributed by atoms with Crippen molar-refractivity contribution >= 4 is 46.4 Å². The normalized spacial score (nSPS) is 10.4. The number of benzene rings is 2. The van der Waals surface area contributed by atoms with Gasteiger partial charge in [0.25, 0.3) is 11.8 Å². The summed E-state index contributed by atoms with van der Waals surface area (Å²) in [6.45, 7) is 0.562. The lowest BCUT2D eigenvalue weighted by molar-refractivity contribution is 0.0925. The molecule has 3 aromatic rings. The van der Waals surface area contributed by atoms with Crippen molar-refractivity contribution in [3.05, 3.63) is 75.2 Å². The Balaban J connectivity index is 1.49. The number of thiazole rings is 1. The summed E-state index contributed by atoms with van der Waals surface area (Å²) < 4.78 is 0. The fraction of sp³-hybridized carbons (Fsp3) is 0.105. The zero-order chi connectivity index (χ0) is 19.2. The number of rotatable bonds is 6. The Morgan fingerprint density at radius 2 is 1.59 bits per heavy atom. The van der Waals surface area contributed by atoms with Gasteiger partial charge in [0.05, 0.1) is 10.6 Å². The minimum Gasteiger partial charge on any atom is -0.350 e. The SMILES string of the molecule is O=C(NCCNC(=O)c1ccccc1Cl)c1csc(-c2ccc(Cl)cc2)n1. The van der Waals surface area contributed by atoms with Crippen LogP contribution in [0.1, 0.15) is 20.8 Å². The van der Waals surface area contributed by atoms with Gasteiger partial charge < -0.3 is 10.6 Å². The zero-order valence-electron chi connectivity index (χ0n) is 14.0. The molecule has 2 amide bonds. The van der Waals surface area contributed by atoms with Crippen LogP contribution in [-0.4, -0.2) is 29.9 Å². The van der Waals surface area contributed by atoms with Gasteiger partial charge in [-0.25, -0.2) is 4.98 Å². The summed E-state index contributed by atoms with van der Waals surface area (Å²) in [7, 11) is 0. The van der Waals surface area contributed by atoms with Crippen molar-refractivity contribution < 1.29 is 9.59 Å². The quantitative estimate of drug-likeness (QED) is 0.585. The number of amides is 2. The second-order valence-electron chi connectivity index (χ2n) is 5.54. The molecule has 8 heteroatoms. The van der Waals surface area contributed by atoms with E-state index in [2.05, 4.69) is 15.6 Å². The van der Waals surface area contributed by atoms with E-state index in [1.165, 1.54) is 11.3 Å². The average molecular weight is 420 g/mol. The molecule has 138 valence electrons. The maximum atomic E-state index is 12.2. The molecule has 0 fully saturated rings. The Hall–Kier alpha value is -2.41. The zero-order valence-corrected chi connectivity index (χ0v) is 16.4. The molecule has 0 unspecified atom stereocenters. The minimum atomic E-state index is -0.293. The maximum Gasteiger partial charge on any atom is 0.270 e. The lowest BCUT2D eigenvalue weighted by Gasteiger charge is -2.07. The Kier molecular flexibility index (Phi) is 6.45. The van der Waals surface area contributed by atoms with Crippen LogP contribution >= 0.6 is 34.5 Å². The van der Waals surface area contributed by atoms with Crippen LogP contribution in [-0.2, 0) is 0 Å². The van der Waals surface area contributed by atoms with Crippen molar-refractivity contribution in [2.45, 2.75) is 0 Å². The monoisotopic (exact) mass is 419 g/mol. The fourth-order valence-corrected chi connectivity index (χ4v) is 3.44. The third kappa shape index (κ3) is 5.07. The van der Waals surface area contributed by atoms with Crippen LogP contribution in [0, 0.1) is 0 Å². The van der Waals surface area contributed by atoms with E-state index in [4.69, 9.17) is 23.2 Å². The summed E-state index contributed by atoms with van der Waals surface area (Å²) in [5.41, 5.74) is 1.63. The molecule has 0 saturated heterocycles. The fourth-order valence-electron chi connectivity index (χ4n) is 2.29. The van der Waals surface area contributed by atoms with Crippen molar-refractivity contribution in [3.8, 4) is 10.6 Å². The van der Waals surface area contributed by atoms with Crippen LogP contribution in [0.2, 0.25) is 10.0 Å². The highest BCUT2D eigenvalue weighted by molar-refractivity contribution is 7.13. The Labute approximate surface area is 170 Å². The summed E-state index contributed by atoms with van der Waals surface area (Å²) in [6, 6.07) is 14.1. The average Bonchev–Trinajstić information content (AvgIpc) is 3.16. The number of hydrogen-bond donors (Lipinski definition) is 2. The Morgan fingerprint density at radius 3 is 2.30 bits per heavy atom. The maximum absolute atomic E-state index is 12.2. The van der Waals surface area contributed by atoms with E-state index >= 15 is 0 Å². The van der Waals surface area contributed by atoms with E-state index in [-0.39, 0.29) is 24.9 Å². The number of halogens is 2. The number of nitrogens with one attached hydrogen (secondary N) is 2. The smallest absolute Gasteiger partial charge is 0.270 e. The first-order valence-corrected chi connectivity index (χ1v) is 9.70. The molecule has 0 saturated carbocycles. The van der Waals surface area contributed by atoms with E-state index < -0.39 is 0 Å². The van der Waals surface area contributed by atoms with Crippen LogP contribution < -0.4 is 10.6 Å². The highest BCUT2D eigenvalue weighted by Gasteiger charge is 2.12. The minimum absolute atomic E-state index is 0.281. The molecule has 27 heavy (non-hydrogen) atoms. The van der Waals surface area contributed by atoms with Gasteiger partial charge in [-0.2, -0.15) is 0 Å². The van der Waals surface area contributed by atoms with Crippen LogP contribution in [0.15, 0.2) is 53.9 Å². The molecule has 0 atom stereocenters. The first-order chi connectivity index (χ1) is 13.0. The summed E-state index contributed by atoms with van der Waals surface area (Å²) in [5.74, 6) is -0.577. The number of nitrogens with zero attached hydrogens (tertiary/aromatic N) is 1. The molecule has 3 rings (SSSR count). The van der Waals surface area contributed by atoms with Crippen LogP contribution in [0.5, 0.6) is 0 Å². The highest BCUT2D eigenvalue weighted by atomic mass is 35.5. The molecule has 2 aromatic carbocycles. The first-order valence-electron chi connectivity index (χ1n) is 8.07. The molecular weight excluding hydrogens is 405 g/mol. The van der Waals surface area contributed by atoms with Crippen LogP contribution in [0.3, 0.4) is 0 Å². The van der Waals surface area contributed by atoms with Crippen LogP contribution in [0.4, 0.5) is 0 Å². The van der Waals surface area contributed by atoms with Crippen LogP contribution in [0.25, 0.3) is 10.6 Å². The van der Waals surface area contributed by atoms with Gasteiger partial charge in [-0.15, -0.1) is 11.3 Å².